The maximum Gasteiger partial charge on any atom is 0.272 e. The molecule has 7 heteroatoms. The van der Waals surface area contributed by atoms with Crippen LogP contribution in [0.5, 0.6) is 0 Å². The third-order valence-electron chi connectivity index (χ3n) is 2.32. The highest BCUT2D eigenvalue weighted by atomic mass is 32.1. The van der Waals surface area contributed by atoms with E-state index in [1.165, 1.54) is 0 Å². The molecule has 2 aromatic rings. The Labute approximate surface area is 115 Å². The van der Waals surface area contributed by atoms with E-state index in [2.05, 4.69) is 25.8 Å². The zero-order chi connectivity index (χ0) is 13.7. The van der Waals surface area contributed by atoms with E-state index in [0.717, 1.165) is 16.4 Å². The summed E-state index contributed by atoms with van der Waals surface area (Å²) in [6, 6.07) is 3.38. The molecule has 0 atom stereocenters. The molecular weight excluding hydrogens is 262 g/mol. The average molecular weight is 277 g/mol. The molecule has 0 aliphatic heterocycles. The molecule has 2 N–H and O–H groups in total. The highest BCUT2D eigenvalue weighted by molar-refractivity contribution is 7.11. The van der Waals surface area contributed by atoms with E-state index in [-0.39, 0.29) is 5.91 Å². The van der Waals surface area contributed by atoms with Gasteiger partial charge in [0.05, 0.1) is 6.54 Å². The molecule has 0 fully saturated rings. The van der Waals surface area contributed by atoms with Gasteiger partial charge in [0.1, 0.15) is 10.8 Å². The van der Waals surface area contributed by atoms with Crippen LogP contribution in [0.1, 0.15) is 27.3 Å². The van der Waals surface area contributed by atoms with Crippen molar-refractivity contribution in [2.75, 3.05) is 11.9 Å². The molecule has 0 saturated carbocycles. The van der Waals surface area contributed by atoms with Crippen LogP contribution >= 0.6 is 11.3 Å². The Hall–Kier alpha value is -2.02. The molecule has 2 heterocycles. The van der Waals surface area contributed by atoms with Crippen molar-refractivity contribution in [2.45, 2.75) is 20.4 Å². The van der Waals surface area contributed by atoms with Gasteiger partial charge in [0.2, 0.25) is 0 Å². The summed E-state index contributed by atoms with van der Waals surface area (Å²) in [6.07, 6.45) is 1.79. The first-order chi connectivity index (χ1) is 9.19. The van der Waals surface area contributed by atoms with Gasteiger partial charge < -0.3 is 10.6 Å². The summed E-state index contributed by atoms with van der Waals surface area (Å²) in [4.78, 5) is 17.1. The normalized spacial score (nSPS) is 10.2. The van der Waals surface area contributed by atoms with Crippen LogP contribution in [0, 0.1) is 6.92 Å². The molecule has 6 nitrogen and oxygen atoms in total. The number of rotatable bonds is 5. The van der Waals surface area contributed by atoms with E-state index >= 15 is 0 Å². The van der Waals surface area contributed by atoms with Gasteiger partial charge in [-0.3, -0.25) is 4.79 Å². The van der Waals surface area contributed by atoms with E-state index in [1.807, 2.05) is 13.8 Å². The van der Waals surface area contributed by atoms with Crippen LogP contribution in [0.25, 0.3) is 0 Å². The second-order valence-electron chi connectivity index (χ2n) is 3.88. The molecule has 0 aliphatic rings. The third-order valence-corrected chi connectivity index (χ3v) is 3.24. The van der Waals surface area contributed by atoms with Crippen LogP contribution in [0.15, 0.2) is 18.3 Å². The van der Waals surface area contributed by atoms with Gasteiger partial charge >= 0.3 is 0 Å². The van der Waals surface area contributed by atoms with Crippen LogP contribution in [0.4, 0.5) is 5.82 Å². The van der Waals surface area contributed by atoms with Gasteiger partial charge in [0.25, 0.3) is 5.91 Å². The fourth-order valence-electron chi connectivity index (χ4n) is 1.46. The summed E-state index contributed by atoms with van der Waals surface area (Å²) < 4.78 is 0. The van der Waals surface area contributed by atoms with Gasteiger partial charge in [-0.2, -0.15) is 0 Å². The number of carbonyl (C=O) groups excluding carboxylic acids is 1. The number of aryl methyl sites for hydroxylation is 1. The van der Waals surface area contributed by atoms with Gasteiger partial charge in [-0.15, -0.1) is 21.5 Å². The summed E-state index contributed by atoms with van der Waals surface area (Å²) in [7, 11) is 0. The van der Waals surface area contributed by atoms with E-state index in [1.54, 1.807) is 29.7 Å². The van der Waals surface area contributed by atoms with Gasteiger partial charge in [-0.25, -0.2) is 4.98 Å². The Morgan fingerprint density at radius 1 is 1.37 bits per heavy atom. The van der Waals surface area contributed by atoms with E-state index in [9.17, 15) is 4.79 Å². The summed E-state index contributed by atoms with van der Waals surface area (Å²) in [5, 5.41) is 14.5. The average Bonchev–Trinajstić information content (AvgIpc) is 2.83. The second-order valence-corrected chi connectivity index (χ2v) is 5.20. The molecule has 0 spiro atoms. The van der Waals surface area contributed by atoms with E-state index in [0.29, 0.717) is 18.1 Å². The predicted octanol–water partition coefficient (Wildman–Crippen LogP) is 1.60. The maximum absolute atomic E-state index is 11.8. The second kappa shape index (κ2) is 6.24. The van der Waals surface area contributed by atoms with Crippen LogP contribution in [-0.4, -0.2) is 27.6 Å². The molecule has 0 aliphatic carbocycles. The zero-order valence-corrected chi connectivity index (χ0v) is 11.6. The molecule has 1 amide bonds. The fraction of sp³-hybridized carbons (Fsp3) is 0.333. The SMILES string of the molecule is CCNc1ccc(C(=O)NCc2ncc(C)s2)nn1. The van der Waals surface area contributed by atoms with Crippen molar-refractivity contribution in [3.63, 3.8) is 0 Å². The molecule has 2 rings (SSSR count). The van der Waals surface area contributed by atoms with Crippen LogP contribution in [0.3, 0.4) is 0 Å². The lowest BCUT2D eigenvalue weighted by Crippen LogP contribution is -2.24. The highest BCUT2D eigenvalue weighted by Crippen LogP contribution is 2.10. The Morgan fingerprint density at radius 2 is 2.21 bits per heavy atom. The number of nitrogens with one attached hydrogen (secondary N) is 2. The van der Waals surface area contributed by atoms with Crippen LogP contribution < -0.4 is 10.6 Å². The number of hydrogen-bond acceptors (Lipinski definition) is 6. The van der Waals surface area contributed by atoms with E-state index in [4.69, 9.17) is 0 Å². The van der Waals surface area contributed by atoms with Crippen molar-refractivity contribution < 1.29 is 4.79 Å². The van der Waals surface area contributed by atoms with Crippen molar-refractivity contribution in [3.05, 3.63) is 33.9 Å². The molecule has 0 aromatic carbocycles. The van der Waals surface area contributed by atoms with Crippen molar-refractivity contribution in [1.29, 1.82) is 0 Å². The van der Waals surface area contributed by atoms with Crippen LogP contribution in [-0.2, 0) is 6.54 Å². The smallest absolute Gasteiger partial charge is 0.272 e. The van der Waals surface area contributed by atoms with Crippen LogP contribution in [0.2, 0.25) is 0 Å². The molecule has 0 unspecified atom stereocenters. The molecular formula is C12H15N5OS. The Bertz CT molecular complexity index is 552. The number of aromatic nitrogens is 3. The molecule has 0 bridgehead atoms. The Morgan fingerprint density at radius 3 is 2.79 bits per heavy atom. The van der Waals surface area contributed by atoms with Crippen molar-refractivity contribution in [1.82, 2.24) is 20.5 Å². The van der Waals surface area contributed by atoms with E-state index < -0.39 is 0 Å². The highest BCUT2D eigenvalue weighted by Gasteiger charge is 2.08. The van der Waals surface area contributed by atoms with Crippen molar-refractivity contribution in [2.24, 2.45) is 0 Å². The first-order valence-electron chi connectivity index (χ1n) is 5.96. The Kier molecular flexibility index (Phi) is 4.40. The minimum Gasteiger partial charge on any atom is -0.369 e. The van der Waals surface area contributed by atoms with Gasteiger partial charge in [-0.1, -0.05) is 0 Å². The first kappa shape index (κ1) is 13.4. The summed E-state index contributed by atoms with van der Waals surface area (Å²) in [5.41, 5.74) is 0.301. The molecule has 0 radical (unpaired) electrons. The topological polar surface area (TPSA) is 79.8 Å². The summed E-state index contributed by atoms with van der Waals surface area (Å²) in [6.45, 7) is 5.13. The van der Waals surface area contributed by atoms with Crippen molar-refractivity contribution in [3.8, 4) is 0 Å². The standard InChI is InChI=1S/C12H15N5OS/c1-3-13-10-5-4-9(16-17-10)12(18)15-7-11-14-6-8(2)19-11/h4-6H,3,7H2,1-2H3,(H,13,17)(H,15,18). The lowest BCUT2D eigenvalue weighted by molar-refractivity contribution is 0.0945. The molecule has 0 saturated heterocycles. The quantitative estimate of drug-likeness (QED) is 0.868. The van der Waals surface area contributed by atoms with Gasteiger partial charge in [0, 0.05) is 17.6 Å². The monoisotopic (exact) mass is 277 g/mol. The number of anilines is 1. The number of hydrogen-bond donors (Lipinski definition) is 2. The zero-order valence-electron chi connectivity index (χ0n) is 10.8. The largest absolute Gasteiger partial charge is 0.369 e. The van der Waals surface area contributed by atoms with Crippen molar-refractivity contribution >= 4 is 23.1 Å². The number of thiazole rings is 1. The maximum atomic E-state index is 11.8. The minimum absolute atomic E-state index is 0.247. The first-order valence-corrected chi connectivity index (χ1v) is 6.78. The molecule has 2 aromatic heterocycles. The fourth-order valence-corrected chi connectivity index (χ4v) is 2.19. The number of carbonyl (C=O) groups is 1. The molecule has 19 heavy (non-hydrogen) atoms. The minimum atomic E-state index is -0.247. The predicted molar refractivity (Wildman–Crippen MR) is 74.2 cm³/mol. The molecule has 100 valence electrons. The lowest BCUT2D eigenvalue weighted by Gasteiger charge is -2.03. The van der Waals surface area contributed by atoms with Gasteiger partial charge in [0.15, 0.2) is 5.69 Å². The lowest BCUT2D eigenvalue weighted by atomic mass is 10.3. The number of nitrogens with zero attached hydrogens (tertiary/aromatic N) is 3. The Balaban J connectivity index is 1.92. The number of amides is 1. The third kappa shape index (κ3) is 3.72. The summed E-state index contributed by atoms with van der Waals surface area (Å²) >= 11 is 1.56. The van der Waals surface area contributed by atoms with Gasteiger partial charge in [-0.05, 0) is 26.0 Å². The summed E-state index contributed by atoms with van der Waals surface area (Å²) in [5.74, 6) is 0.415.